The van der Waals surface area contributed by atoms with Crippen molar-refractivity contribution >= 4 is 28.0 Å². The largest absolute Gasteiger partial charge is 0.443 e. The van der Waals surface area contributed by atoms with E-state index in [4.69, 9.17) is 9.15 Å². The highest BCUT2D eigenvalue weighted by atomic mass is 16.6. The summed E-state index contributed by atoms with van der Waals surface area (Å²) in [5, 5.41) is 1.64. The predicted molar refractivity (Wildman–Crippen MR) is 105 cm³/mol. The SMILES string of the molecule is CC(C)(C)OC(=O)n1c(-c2cc(=O)oc3ccccc23)cc2ccccc21. The smallest absolute Gasteiger partial charge is 0.419 e. The first-order valence-corrected chi connectivity index (χ1v) is 8.70. The van der Waals surface area contributed by atoms with E-state index in [1.807, 2.05) is 63.2 Å². The first-order valence-electron chi connectivity index (χ1n) is 8.70. The zero-order chi connectivity index (χ0) is 19.2. The molecular weight excluding hydrogens is 342 g/mol. The van der Waals surface area contributed by atoms with E-state index < -0.39 is 17.3 Å². The summed E-state index contributed by atoms with van der Waals surface area (Å²) < 4.78 is 12.4. The molecule has 0 aliphatic rings. The van der Waals surface area contributed by atoms with E-state index in [0.29, 0.717) is 16.8 Å². The molecule has 27 heavy (non-hydrogen) atoms. The Morgan fingerprint density at radius 2 is 1.70 bits per heavy atom. The van der Waals surface area contributed by atoms with Crippen LogP contribution in [0.1, 0.15) is 20.8 Å². The number of rotatable bonds is 1. The van der Waals surface area contributed by atoms with Crippen LogP contribution in [-0.4, -0.2) is 16.3 Å². The van der Waals surface area contributed by atoms with Crippen molar-refractivity contribution in [3.63, 3.8) is 0 Å². The van der Waals surface area contributed by atoms with Gasteiger partial charge in [0.05, 0.1) is 11.2 Å². The zero-order valence-corrected chi connectivity index (χ0v) is 15.4. The number of carbonyl (C=O) groups excluding carboxylic acids is 1. The van der Waals surface area contributed by atoms with Crippen LogP contribution in [0.25, 0.3) is 33.1 Å². The molecule has 0 fully saturated rings. The maximum atomic E-state index is 13.0. The number of ether oxygens (including phenoxy) is 1. The van der Waals surface area contributed by atoms with Crippen LogP contribution in [-0.2, 0) is 4.74 Å². The van der Waals surface area contributed by atoms with Crippen molar-refractivity contribution in [3.8, 4) is 11.3 Å². The second-order valence-corrected chi connectivity index (χ2v) is 7.38. The maximum Gasteiger partial charge on any atom is 0.419 e. The van der Waals surface area contributed by atoms with Gasteiger partial charge >= 0.3 is 11.7 Å². The van der Waals surface area contributed by atoms with E-state index in [1.54, 1.807) is 12.1 Å². The number of aromatic nitrogens is 1. The van der Waals surface area contributed by atoms with Crippen LogP contribution in [0.5, 0.6) is 0 Å². The summed E-state index contributed by atoms with van der Waals surface area (Å²) in [7, 11) is 0. The molecule has 5 heteroatoms. The molecule has 2 aromatic heterocycles. The van der Waals surface area contributed by atoms with Crippen molar-refractivity contribution in [2.45, 2.75) is 26.4 Å². The number of fused-ring (bicyclic) bond motifs is 2. The molecular formula is C22H19NO4. The molecule has 0 saturated carbocycles. The Bertz CT molecular complexity index is 1220. The standard InChI is InChI=1S/C22H19NO4/c1-22(2,3)27-21(25)23-17-10-6-4-8-14(17)12-18(23)16-13-20(24)26-19-11-7-5-9-15(16)19/h4-13H,1-3H3. The van der Waals surface area contributed by atoms with Gasteiger partial charge in [0, 0.05) is 22.4 Å². The van der Waals surface area contributed by atoms with Gasteiger partial charge in [-0.1, -0.05) is 36.4 Å². The molecule has 4 aromatic rings. The number of carbonyl (C=O) groups is 1. The summed E-state index contributed by atoms with van der Waals surface area (Å²) in [4.78, 5) is 25.1. The molecule has 2 heterocycles. The summed E-state index contributed by atoms with van der Waals surface area (Å²) in [5.41, 5.74) is 1.31. The third-order valence-corrected chi connectivity index (χ3v) is 4.21. The lowest BCUT2D eigenvalue weighted by atomic mass is 10.1. The van der Waals surface area contributed by atoms with E-state index in [2.05, 4.69) is 0 Å². The Hall–Kier alpha value is -3.34. The minimum Gasteiger partial charge on any atom is -0.443 e. The fourth-order valence-electron chi connectivity index (χ4n) is 3.18. The van der Waals surface area contributed by atoms with Crippen LogP contribution in [0.4, 0.5) is 4.79 Å². The minimum absolute atomic E-state index is 0.468. The fourth-order valence-corrected chi connectivity index (χ4v) is 3.18. The van der Waals surface area contributed by atoms with Gasteiger partial charge in [-0.3, -0.25) is 0 Å². The Morgan fingerprint density at radius 3 is 2.48 bits per heavy atom. The van der Waals surface area contributed by atoms with Gasteiger partial charge < -0.3 is 9.15 Å². The lowest BCUT2D eigenvalue weighted by Crippen LogP contribution is -2.27. The van der Waals surface area contributed by atoms with Crippen LogP contribution < -0.4 is 5.63 Å². The van der Waals surface area contributed by atoms with E-state index in [9.17, 15) is 9.59 Å². The zero-order valence-electron chi connectivity index (χ0n) is 15.4. The second kappa shape index (κ2) is 6.13. The number of hydrogen-bond donors (Lipinski definition) is 0. The van der Waals surface area contributed by atoms with Gasteiger partial charge in [0.15, 0.2) is 0 Å². The summed E-state index contributed by atoms with van der Waals surface area (Å²) in [5.74, 6) is 0. The molecule has 0 spiro atoms. The number of benzene rings is 2. The molecule has 0 amide bonds. The minimum atomic E-state index is -0.641. The van der Waals surface area contributed by atoms with Gasteiger partial charge in [-0.05, 0) is 39.0 Å². The van der Waals surface area contributed by atoms with Crippen LogP contribution in [0.15, 0.2) is 69.9 Å². The molecule has 0 aliphatic carbocycles. The first kappa shape index (κ1) is 17.1. The summed E-state index contributed by atoms with van der Waals surface area (Å²) in [6, 6.07) is 18.1. The topological polar surface area (TPSA) is 61.4 Å². The molecule has 0 radical (unpaired) electrons. The van der Waals surface area contributed by atoms with Crippen LogP contribution in [0, 0.1) is 0 Å². The monoisotopic (exact) mass is 361 g/mol. The lowest BCUT2D eigenvalue weighted by Gasteiger charge is -2.21. The highest BCUT2D eigenvalue weighted by Crippen LogP contribution is 2.33. The molecule has 0 aliphatic heterocycles. The van der Waals surface area contributed by atoms with E-state index >= 15 is 0 Å². The third kappa shape index (κ3) is 3.12. The average Bonchev–Trinajstić information content (AvgIpc) is 2.99. The van der Waals surface area contributed by atoms with Gasteiger partial charge in [0.25, 0.3) is 0 Å². The van der Waals surface area contributed by atoms with Crippen molar-refractivity contribution < 1.29 is 13.9 Å². The summed E-state index contributed by atoms with van der Waals surface area (Å²) in [6.45, 7) is 5.47. The quantitative estimate of drug-likeness (QED) is 0.437. The number of nitrogens with zero attached hydrogens (tertiary/aromatic N) is 1. The van der Waals surface area contributed by atoms with Crippen LogP contribution >= 0.6 is 0 Å². The van der Waals surface area contributed by atoms with E-state index in [-0.39, 0.29) is 0 Å². The van der Waals surface area contributed by atoms with Gasteiger partial charge in [-0.2, -0.15) is 0 Å². The normalized spacial score (nSPS) is 11.8. The Morgan fingerprint density at radius 1 is 1.00 bits per heavy atom. The second-order valence-electron chi connectivity index (χ2n) is 7.38. The highest BCUT2D eigenvalue weighted by Gasteiger charge is 2.24. The first-order chi connectivity index (χ1) is 12.8. The van der Waals surface area contributed by atoms with Crippen LogP contribution in [0.3, 0.4) is 0 Å². The molecule has 0 unspecified atom stereocenters. The van der Waals surface area contributed by atoms with Crippen molar-refractivity contribution in [1.29, 1.82) is 0 Å². The molecule has 0 bridgehead atoms. The molecule has 0 N–H and O–H groups in total. The molecule has 136 valence electrons. The Balaban J connectivity index is 2.05. The molecule has 2 aromatic carbocycles. The van der Waals surface area contributed by atoms with Crippen molar-refractivity contribution in [1.82, 2.24) is 4.57 Å². The third-order valence-electron chi connectivity index (χ3n) is 4.21. The molecule has 5 nitrogen and oxygen atoms in total. The Labute approximate surface area is 155 Å². The summed E-state index contributed by atoms with van der Waals surface area (Å²) >= 11 is 0. The molecule has 4 rings (SSSR count). The van der Waals surface area contributed by atoms with Crippen LogP contribution in [0.2, 0.25) is 0 Å². The molecule has 0 saturated heterocycles. The molecule has 0 atom stereocenters. The van der Waals surface area contributed by atoms with Gasteiger partial charge in [-0.25, -0.2) is 14.2 Å². The van der Waals surface area contributed by atoms with Gasteiger partial charge in [0.2, 0.25) is 0 Å². The fraction of sp³-hybridized carbons (Fsp3) is 0.182. The lowest BCUT2D eigenvalue weighted by molar-refractivity contribution is 0.0547. The number of hydrogen-bond acceptors (Lipinski definition) is 4. The van der Waals surface area contributed by atoms with Crippen molar-refractivity contribution in [3.05, 3.63) is 71.1 Å². The number of para-hydroxylation sites is 2. The van der Waals surface area contributed by atoms with E-state index in [0.717, 1.165) is 16.3 Å². The highest BCUT2D eigenvalue weighted by molar-refractivity contribution is 6.01. The van der Waals surface area contributed by atoms with Crippen molar-refractivity contribution in [2.24, 2.45) is 0 Å². The summed E-state index contributed by atoms with van der Waals surface area (Å²) in [6.07, 6.45) is -0.490. The average molecular weight is 361 g/mol. The van der Waals surface area contributed by atoms with E-state index in [1.165, 1.54) is 10.6 Å². The van der Waals surface area contributed by atoms with Gasteiger partial charge in [0.1, 0.15) is 11.2 Å². The maximum absolute atomic E-state index is 13.0. The van der Waals surface area contributed by atoms with Crippen molar-refractivity contribution in [2.75, 3.05) is 0 Å². The predicted octanol–water partition coefficient (Wildman–Crippen LogP) is 5.20. The Kier molecular flexibility index (Phi) is 3.88. The van der Waals surface area contributed by atoms with Gasteiger partial charge in [-0.15, -0.1) is 0 Å².